The van der Waals surface area contributed by atoms with E-state index in [-0.39, 0.29) is 0 Å². The van der Waals surface area contributed by atoms with E-state index in [0.29, 0.717) is 16.6 Å². The van der Waals surface area contributed by atoms with Crippen LogP contribution in [0.2, 0.25) is 0 Å². The van der Waals surface area contributed by atoms with Crippen LogP contribution in [0, 0.1) is 0 Å². The molecule has 0 fully saturated rings. The maximum absolute atomic E-state index is 11.3. The van der Waals surface area contributed by atoms with Crippen molar-refractivity contribution < 1.29 is 4.21 Å². The summed E-state index contributed by atoms with van der Waals surface area (Å²) in [4.78, 5) is 7.98. The van der Waals surface area contributed by atoms with Crippen LogP contribution in [0.25, 0.3) is 0 Å². The van der Waals surface area contributed by atoms with Gasteiger partial charge < -0.3 is 5.32 Å². The summed E-state index contributed by atoms with van der Waals surface area (Å²) in [5, 5.41) is 3.61. The molecule has 0 amide bonds. The first-order chi connectivity index (χ1) is 5.38. The lowest BCUT2D eigenvalue weighted by atomic mass is 10.6. The molecule has 0 aromatic carbocycles. The van der Waals surface area contributed by atoms with Crippen LogP contribution in [0.1, 0.15) is 0 Å². The van der Waals surface area contributed by atoms with E-state index in [1.165, 1.54) is 0 Å². The molecule has 2 rings (SSSR count). The third-order valence-corrected chi connectivity index (χ3v) is 2.77. The van der Waals surface area contributed by atoms with Gasteiger partial charge >= 0.3 is 0 Å². The van der Waals surface area contributed by atoms with Crippen molar-refractivity contribution in [2.75, 3.05) is 17.6 Å². The van der Waals surface area contributed by atoms with E-state index in [4.69, 9.17) is 0 Å². The zero-order chi connectivity index (χ0) is 7.68. The molecule has 4 nitrogen and oxygen atoms in total. The van der Waals surface area contributed by atoms with E-state index in [2.05, 4.69) is 15.3 Å². The highest BCUT2D eigenvalue weighted by Crippen LogP contribution is 2.16. The van der Waals surface area contributed by atoms with Crippen LogP contribution < -0.4 is 5.32 Å². The minimum Gasteiger partial charge on any atom is -0.367 e. The second kappa shape index (κ2) is 2.58. The average Bonchev–Trinajstić information content (AvgIpc) is 2.06. The quantitative estimate of drug-likeness (QED) is 0.594. The number of nitrogens with one attached hydrogen (secondary N) is 1. The fourth-order valence-electron chi connectivity index (χ4n) is 0.972. The second-order valence-electron chi connectivity index (χ2n) is 2.19. The van der Waals surface area contributed by atoms with Crippen molar-refractivity contribution in [2.45, 2.75) is 5.03 Å². The Kier molecular flexibility index (Phi) is 1.58. The summed E-state index contributed by atoms with van der Waals surface area (Å²) in [5.41, 5.74) is 0. The summed E-state index contributed by atoms with van der Waals surface area (Å²) in [7, 11) is -0.951. The highest BCUT2D eigenvalue weighted by Gasteiger charge is 2.16. The molecule has 0 saturated heterocycles. The normalized spacial score (nSPS) is 22.0. The Morgan fingerprint density at radius 3 is 3.09 bits per heavy atom. The van der Waals surface area contributed by atoms with Gasteiger partial charge in [0.05, 0.1) is 10.8 Å². The van der Waals surface area contributed by atoms with Crippen LogP contribution in [0.15, 0.2) is 17.4 Å². The lowest BCUT2D eigenvalue weighted by molar-refractivity contribution is 0.678. The number of hydrogen-bond donors (Lipinski definition) is 1. The molecule has 5 heteroatoms. The largest absolute Gasteiger partial charge is 0.367 e. The van der Waals surface area contributed by atoms with Crippen molar-refractivity contribution in [2.24, 2.45) is 0 Å². The highest BCUT2D eigenvalue weighted by atomic mass is 32.2. The Bertz CT molecular complexity index is 302. The molecule has 1 aromatic heterocycles. The van der Waals surface area contributed by atoms with Crippen molar-refractivity contribution >= 4 is 16.6 Å². The van der Waals surface area contributed by atoms with Crippen LogP contribution >= 0.6 is 0 Å². The third-order valence-electron chi connectivity index (χ3n) is 1.46. The van der Waals surface area contributed by atoms with Crippen molar-refractivity contribution in [3.8, 4) is 0 Å². The first-order valence-electron chi connectivity index (χ1n) is 3.31. The SMILES string of the molecule is O=S1CCNc2nccnc21. The third kappa shape index (κ3) is 1.11. The van der Waals surface area contributed by atoms with Gasteiger partial charge in [0.1, 0.15) is 0 Å². The Labute approximate surface area is 66.5 Å². The molecule has 0 bridgehead atoms. The van der Waals surface area contributed by atoms with Gasteiger partial charge in [-0.25, -0.2) is 9.97 Å². The minimum absolute atomic E-state index is 0.582. The summed E-state index contributed by atoms with van der Waals surface area (Å²) in [5.74, 6) is 1.29. The molecular formula is C6H7N3OS. The molecule has 0 radical (unpaired) electrons. The molecule has 1 atom stereocenters. The highest BCUT2D eigenvalue weighted by molar-refractivity contribution is 7.85. The van der Waals surface area contributed by atoms with Gasteiger partial charge in [-0.3, -0.25) is 4.21 Å². The van der Waals surface area contributed by atoms with E-state index in [1.54, 1.807) is 12.4 Å². The van der Waals surface area contributed by atoms with Crippen molar-refractivity contribution in [3.63, 3.8) is 0 Å². The first kappa shape index (κ1) is 6.72. The summed E-state index contributed by atoms with van der Waals surface area (Å²) >= 11 is 0. The average molecular weight is 169 g/mol. The fourth-order valence-corrected chi connectivity index (χ4v) is 1.97. The molecule has 58 valence electrons. The number of aromatic nitrogens is 2. The molecule has 1 N–H and O–H groups in total. The Morgan fingerprint density at radius 1 is 1.45 bits per heavy atom. The molecule has 1 aliphatic rings. The number of nitrogens with zero attached hydrogens (tertiary/aromatic N) is 2. The lowest BCUT2D eigenvalue weighted by Gasteiger charge is -2.13. The smallest absolute Gasteiger partial charge is 0.169 e. The summed E-state index contributed by atoms with van der Waals surface area (Å²) in [6.45, 7) is 0.721. The molecular weight excluding hydrogens is 162 g/mol. The zero-order valence-corrected chi connectivity index (χ0v) is 6.60. The molecule has 0 saturated carbocycles. The maximum Gasteiger partial charge on any atom is 0.169 e. The van der Waals surface area contributed by atoms with Crippen LogP contribution in [-0.2, 0) is 10.8 Å². The van der Waals surface area contributed by atoms with Gasteiger partial charge in [0.15, 0.2) is 10.8 Å². The number of hydrogen-bond acceptors (Lipinski definition) is 4. The van der Waals surface area contributed by atoms with Crippen LogP contribution in [-0.4, -0.2) is 26.5 Å². The van der Waals surface area contributed by atoms with Crippen LogP contribution in [0.4, 0.5) is 5.82 Å². The second-order valence-corrected chi connectivity index (χ2v) is 3.67. The van der Waals surface area contributed by atoms with Crippen molar-refractivity contribution in [3.05, 3.63) is 12.4 Å². The van der Waals surface area contributed by atoms with E-state index < -0.39 is 10.8 Å². The van der Waals surface area contributed by atoms with Crippen molar-refractivity contribution in [1.82, 2.24) is 9.97 Å². The van der Waals surface area contributed by atoms with Gasteiger partial charge in [-0.1, -0.05) is 0 Å². The van der Waals surface area contributed by atoms with E-state index in [0.717, 1.165) is 6.54 Å². The lowest BCUT2D eigenvalue weighted by Crippen LogP contribution is -2.20. The van der Waals surface area contributed by atoms with E-state index >= 15 is 0 Å². The predicted octanol–water partition coefficient (Wildman–Crippen LogP) is 0.00970. The van der Waals surface area contributed by atoms with E-state index in [9.17, 15) is 4.21 Å². The zero-order valence-electron chi connectivity index (χ0n) is 5.78. The molecule has 2 heterocycles. The Morgan fingerprint density at radius 2 is 2.27 bits per heavy atom. The molecule has 1 unspecified atom stereocenters. The Hall–Kier alpha value is -0.970. The molecule has 1 aliphatic heterocycles. The minimum atomic E-state index is -0.951. The molecule has 0 aliphatic carbocycles. The predicted molar refractivity (Wildman–Crippen MR) is 41.8 cm³/mol. The fraction of sp³-hybridized carbons (Fsp3) is 0.333. The molecule has 11 heavy (non-hydrogen) atoms. The van der Waals surface area contributed by atoms with E-state index in [1.807, 2.05) is 0 Å². The monoisotopic (exact) mass is 169 g/mol. The molecule has 0 spiro atoms. The van der Waals surface area contributed by atoms with Crippen LogP contribution in [0.5, 0.6) is 0 Å². The topological polar surface area (TPSA) is 54.9 Å². The summed E-state index contributed by atoms with van der Waals surface area (Å²) < 4.78 is 11.3. The van der Waals surface area contributed by atoms with Gasteiger partial charge in [0.2, 0.25) is 0 Å². The summed E-state index contributed by atoms with van der Waals surface area (Å²) in [6.07, 6.45) is 3.15. The number of rotatable bonds is 0. The summed E-state index contributed by atoms with van der Waals surface area (Å²) in [6, 6.07) is 0. The van der Waals surface area contributed by atoms with Crippen molar-refractivity contribution in [1.29, 1.82) is 0 Å². The maximum atomic E-state index is 11.3. The first-order valence-corrected chi connectivity index (χ1v) is 4.63. The standard InChI is InChI=1S/C6H7N3OS/c10-11-4-3-8-5-6(11)9-2-1-7-5/h1-2H,3-4H2,(H,7,8). The van der Waals surface area contributed by atoms with Gasteiger partial charge in [-0.15, -0.1) is 0 Å². The number of anilines is 1. The molecule has 1 aromatic rings. The van der Waals surface area contributed by atoms with Crippen LogP contribution in [0.3, 0.4) is 0 Å². The van der Waals surface area contributed by atoms with Gasteiger partial charge in [-0.2, -0.15) is 0 Å². The number of fused-ring (bicyclic) bond motifs is 1. The van der Waals surface area contributed by atoms with Gasteiger partial charge in [0.25, 0.3) is 0 Å². The van der Waals surface area contributed by atoms with Gasteiger partial charge in [0, 0.05) is 24.7 Å². The Balaban J connectivity index is 2.52. The van der Waals surface area contributed by atoms with Gasteiger partial charge in [-0.05, 0) is 0 Å².